The molecule has 0 radical (unpaired) electrons. The first-order valence-corrected chi connectivity index (χ1v) is 12.5. The van der Waals surface area contributed by atoms with E-state index in [1.165, 1.54) is 17.1 Å². The summed E-state index contributed by atoms with van der Waals surface area (Å²) in [5, 5.41) is 7.22. The average Bonchev–Trinajstić information content (AvgIpc) is 3.39. The summed E-state index contributed by atoms with van der Waals surface area (Å²) in [7, 11) is 0. The van der Waals surface area contributed by atoms with Gasteiger partial charge in [0.05, 0.1) is 12.2 Å². The molecule has 4 heterocycles. The highest BCUT2D eigenvalue weighted by molar-refractivity contribution is 5.79. The molecule has 2 aliphatic heterocycles. The van der Waals surface area contributed by atoms with Crippen LogP contribution in [0.4, 0.5) is 5.82 Å². The zero-order valence-electron chi connectivity index (χ0n) is 20.9. The standard InChI is InChI=1S/C26H30N6O5/c1-17-7-10-31(11-8-17)23-14-24(29-15-28-23)35-12-9-27-26(34)18(2)32-25(33)6-4-20(30-32)19-3-5-21-22(13-19)37-16-36-21/h3-6,13-15,17-18H,7-12,16H2,1-2H3,(H,27,34). The number of ether oxygens (including phenoxy) is 3. The lowest BCUT2D eigenvalue weighted by molar-refractivity contribution is -0.124. The summed E-state index contributed by atoms with van der Waals surface area (Å²) >= 11 is 0. The third kappa shape index (κ3) is 5.65. The number of hydrogen-bond acceptors (Lipinski definition) is 9. The number of piperidine rings is 1. The molecule has 0 aliphatic carbocycles. The van der Waals surface area contributed by atoms with Crippen molar-refractivity contribution in [2.45, 2.75) is 32.7 Å². The van der Waals surface area contributed by atoms with Gasteiger partial charge in [-0.15, -0.1) is 0 Å². The molecule has 1 unspecified atom stereocenters. The molecule has 1 aromatic carbocycles. The van der Waals surface area contributed by atoms with Crippen LogP contribution >= 0.6 is 0 Å². The van der Waals surface area contributed by atoms with Crippen molar-refractivity contribution in [1.29, 1.82) is 0 Å². The maximum absolute atomic E-state index is 12.8. The van der Waals surface area contributed by atoms with Crippen LogP contribution in [-0.4, -0.2) is 58.7 Å². The van der Waals surface area contributed by atoms with Gasteiger partial charge in [-0.05, 0) is 49.9 Å². The monoisotopic (exact) mass is 506 g/mol. The Hall–Kier alpha value is -4.15. The highest BCUT2D eigenvalue weighted by Crippen LogP contribution is 2.35. The SMILES string of the molecule is CC1CCN(c2cc(OCCNC(=O)C(C)n3nc(-c4ccc5c(c4)OCO5)ccc3=O)ncn2)CC1. The molecule has 1 atom stereocenters. The fourth-order valence-corrected chi connectivity index (χ4v) is 4.32. The molecule has 0 bridgehead atoms. The molecule has 11 heteroatoms. The van der Waals surface area contributed by atoms with Gasteiger partial charge < -0.3 is 24.4 Å². The number of nitrogens with zero attached hydrogens (tertiary/aromatic N) is 5. The predicted octanol–water partition coefficient (Wildman–Crippen LogP) is 2.42. The Labute approximate surface area is 214 Å². The second-order valence-corrected chi connectivity index (χ2v) is 9.27. The molecule has 2 aromatic heterocycles. The molecule has 5 rings (SSSR count). The number of benzene rings is 1. The second-order valence-electron chi connectivity index (χ2n) is 9.27. The van der Waals surface area contributed by atoms with Crippen LogP contribution in [0.1, 0.15) is 32.7 Å². The van der Waals surface area contributed by atoms with Crippen molar-refractivity contribution in [3.8, 4) is 28.6 Å². The molecule has 1 saturated heterocycles. The van der Waals surface area contributed by atoms with Gasteiger partial charge in [0.25, 0.3) is 5.56 Å². The van der Waals surface area contributed by atoms with Crippen molar-refractivity contribution in [2.75, 3.05) is 37.9 Å². The first-order valence-electron chi connectivity index (χ1n) is 12.5. The van der Waals surface area contributed by atoms with Crippen molar-refractivity contribution in [3.05, 3.63) is 53.1 Å². The van der Waals surface area contributed by atoms with E-state index in [1.807, 2.05) is 12.1 Å². The van der Waals surface area contributed by atoms with Crippen LogP contribution in [0.15, 0.2) is 47.5 Å². The third-order valence-electron chi connectivity index (χ3n) is 6.63. The minimum Gasteiger partial charge on any atom is -0.476 e. The molecule has 1 fully saturated rings. The van der Waals surface area contributed by atoms with Gasteiger partial charge in [0, 0.05) is 30.8 Å². The van der Waals surface area contributed by atoms with Gasteiger partial charge in [0.15, 0.2) is 11.5 Å². The Bertz CT molecular complexity index is 1320. The lowest BCUT2D eigenvalue weighted by Gasteiger charge is -2.31. The van der Waals surface area contributed by atoms with Crippen molar-refractivity contribution >= 4 is 11.7 Å². The number of carbonyl (C=O) groups excluding carboxylic acids is 1. The van der Waals surface area contributed by atoms with Crippen LogP contribution in [0.25, 0.3) is 11.3 Å². The van der Waals surface area contributed by atoms with Gasteiger partial charge in [-0.1, -0.05) is 6.92 Å². The maximum atomic E-state index is 12.8. The van der Waals surface area contributed by atoms with E-state index in [0.29, 0.717) is 23.1 Å². The minimum absolute atomic E-state index is 0.169. The zero-order valence-corrected chi connectivity index (χ0v) is 20.9. The topological polar surface area (TPSA) is 121 Å². The van der Waals surface area contributed by atoms with Gasteiger partial charge in [0.2, 0.25) is 18.6 Å². The second kappa shape index (κ2) is 10.9. The number of amides is 1. The van der Waals surface area contributed by atoms with Crippen molar-refractivity contribution < 1.29 is 19.0 Å². The van der Waals surface area contributed by atoms with Crippen LogP contribution < -0.4 is 30.0 Å². The van der Waals surface area contributed by atoms with E-state index in [9.17, 15) is 9.59 Å². The Morgan fingerprint density at radius 1 is 1.14 bits per heavy atom. The molecule has 11 nitrogen and oxygen atoms in total. The van der Waals surface area contributed by atoms with E-state index in [0.717, 1.165) is 43.2 Å². The van der Waals surface area contributed by atoms with Gasteiger partial charge in [-0.25, -0.2) is 14.6 Å². The average molecular weight is 507 g/mol. The summed E-state index contributed by atoms with van der Waals surface area (Å²) in [6, 6.07) is 9.45. The van der Waals surface area contributed by atoms with E-state index >= 15 is 0 Å². The van der Waals surface area contributed by atoms with Crippen LogP contribution in [0.2, 0.25) is 0 Å². The third-order valence-corrected chi connectivity index (χ3v) is 6.63. The highest BCUT2D eigenvalue weighted by Gasteiger charge is 2.20. The summed E-state index contributed by atoms with van der Waals surface area (Å²) in [6.45, 7) is 6.48. The largest absolute Gasteiger partial charge is 0.476 e. The molecule has 37 heavy (non-hydrogen) atoms. The zero-order chi connectivity index (χ0) is 25.8. The Kier molecular flexibility index (Phi) is 7.20. The molecule has 2 aliphatic rings. The van der Waals surface area contributed by atoms with Crippen LogP contribution in [0, 0.1) is 5.92 Å². The Morgan fingerprint density at radius 3 is 2.78 bits per heavy atom. The van der Waals surface area contributed by atoms with E-state index in [1.54, 1.807) is 25.1 Å². The summed E-state index contributed by atoms with van der Waals surface area (Å²) in [5.41, 5.74) is 0.926. The smallest absolute Gasteiger partial charge is 0.267 e. The number of anilines is 1. The molecule has 1 amide bonds. The van der Waals surface area contributed by atoms with Crippen molar-refractivity contribution in [1.82, 2.24) is 25.1 Å². The molecular formula is C26H30N6O5. The summed E-state index contributed by atoms with van der Waals surface area (Å²) < 4.78 is 17.7. The lowest BCUT2D eigenvalue weighted by Crippen LogP contribution is -2.38. The highest BCUT2D eigenvalue weighted by atomic mass is 16.7. The van der Waals surface area contributed by atoms with Crippen LogP contribution in [0.3, 0.4) is 0 Å². The minimum atomic E-state index is -0.811. The van der Waals surface area contributed by atoms with Crippen molar-refractivity contribution in [2.24, 2.45) is 5.92 Å². The fourth-order valence-electron chi connectivity index (χ4n) is 4.32. The molecule has 0 saturated carbocycles. The van der Waals surface area contributed by atoms with E-state index in [-0.39, 0.29) is 31.4 Å². The van der Waals surface area contributed by atoms with Gasteiger partial charge in [-0.2, -0.15) is 5.10 Å². The number of carbonyl (C=O) groups is 1. The number of fused-ring (bicyclic) bond motifs is 1. The van der Waals surface area contributed by atoms with E-state index in [4.69, 9.17) is 14.2 Å². The van der Waals surface area contributed by atoms with Gasteiger partial charge in [-0.3, -0.25) is 9.59 Å². The molecule has 0 spiro atoms. The normalized spacial score (nSPS) is 15.9. The number of nitrogens with one attached hydrogen (secondary N) is 1. The van der Waals surface area contributed by atoms with Gasteiger partial charge in [0.1, 0.15) is 24.8 Å². The summed E-state index contributed by atoms with van der Waals surface area (Å²) in [6.07, 6.45) is 3.78. The molecular weight excluding hydrogens is 476 g/mol. The van der Waals surface area contributed by atoms with Crippen LogP contribution in [0.5, 0.6) is 17.4 Å². The maximum Gasteiger partial charge on any atom is 0.267 e. The molecule has 1 N–H and O–H groups in total. The van der Waals surface area contributed by atoms with E-state index in [2.05, 4.69) is 32.2 Å². The quantitative estimate of drug-likeness (QED) is 0.459. The Morgan fingerprint density at radius 2 is 1.95 bits per heavy atom. The number of aromatic nitrogens is 4. The van der Waals surface area contributed by atoms with Gasteiger partial charge >= 0.3 is 0 Å². The van der Waals surface area contributed by atoms with Crippen LogP contribution in [-0.2, 0) is 4.79 Å². The summed E-state index contributed by atoms with van der Waals surface area (Å²) in [4.78, 5) is 36.0. The molecule has 194 valence electrons. The molecule has 3 aromatic rings. The first-order chi connectivity index (χ1) is 18.0. The lowest BCUT2D eigenvalue weighted by atomic mass is 9.99. The van der Waals surface area contributed by atoms with Crippen molar-refractivity contribution in [3.63, 3.8) is 0 Å². The summed E-state index contributed by atoms with van der Waals surface area (Å²) in [5.74, 6) is 2.97. The Balaban J connectivity index is 1.16. The first kappa shape index (κ1) is 24.5. The number of rotatable bonds is 8. The van der Waals surface area contributed by atoms with E-state index < -0.39 is 6.04 Å². The fraction of sp³-hybridized carbons (Fsp3) is 0.423. The predicted molar refractivity (Wildman–Crippen MR) is 136 cm³/mol. The number of hydrogen-bond donors (Lipinski definition) is 1.